The van der Waals surface area contributed by atoms with Crippen LogP contribution in [0.5, 0.6) is 0 Å². The minimum atomic E-state index is -3.13. The average molecular weight is 312 g/mol. The summed E-state index contributed by atoms with van der Waals surface area (Å²) in [6.07, 6.45) is 1.10. The normalized spacial score (nSPS) is 11.3. The van der Waals surface area contributed by atoms with Gasteiger partial charge in [0.2, 0.25) is 0 Å². The van der Waals surface area contributed by atoms with E-state index in [9.17, 15) is 13.2 Å². The van der Waals surface area contributed by atoms with Crippen molar-refractivity contribution in [2.75, 3.05) is 25.6 Å². The maximum absolute atomic E-state index is 12.0. The molecule has 0 radical (unpaired) electrons. The zero-order valence-corrected chi connectivity index (χ0v) is 12.1. The Bertz CT molecular complexity index is 562. The van der Waals surface area contributed by atoms with Crippen molar-refractivity contribution in [3.05, 3.63) is 21.9 Å². The Morgan fingerprint density at radius 1 is 1.39 bits per heavy atom. The summed E-state index contributed by atoms with van der Waals surface area (Å²) >= 11 is 11.3. The van der Waals surface area contributed by atoms with E-state index in [2.05, 4.69) is 10.2 Å². The Labute approximate surface area is 115 Å². The molecule has 0 fully saturated rings. The molecule has 1 rings (SSSR count). The van der Waals surface area contributed by atoms with Crippen molar-refractivity contribution >= 4 is 38.9 Å². The SMILES string of the molecule is CN(CCS(C)(=O)=O)C(=O)c1cc(Cl)nnc1Cl. The van der Waals surface area contributed by atoms with E-state index in [0.29, 0.717) is 0 Å². The topological polar surface area (TPSA) is 80.2 Å². The second-order valence-corrected chi connectivity index (χ2v) is 6.73. The fourth-order valence-electron chi connectivity index (χ4n) is 1.11. The first-order chi connectivity index (χ1) is 8.20. The molecule has 0 spiro atoms. The van der Waals surface area contributed by atoms with Crippen molar-refractivity contribution in [1.82, 2.24) is 15.1 Å². The van der Waals surface area contributed by atoms with Crippen LogP contribution in [0.2, 0.25) is 10.3 Å². The van der Waals surface area contributed by atoms with Crippen LogP contribution in [0.15, 0.2) is 6.07 Å². The molecule has 0 aliphatic rings. The molecule has 0 saturated heterocycles. The van der Waals surface area contributed by atoms with Gasteiger partial charge in [0.25, 0.3) is 5.91 Å². The summed E-state index contributed by atoms with van der Waals surface area (Å²) < 4.78 is 22.0. The first-order valence-electron chi connectivity index (χ1n) is 4.82. The van der Waals surface area contributed by atoms with Crippen LogP contribution in [-0.2, 0) is 9.84 Å². The van der Waals surface area contributed by atoms with Crippen LogP contribution in [0.1, 0.15) is 10.4 Å². The highest BCUT2D eigenvalue weighted by Crippen LogP contribution is 2.16. The largest absolute Gasteiger partial charge is 0.341 e. The quantitative estimate of drug-likeness (QED) is 0.825. The third-order valence-corrected chi connectivity index (χ3v) is 3.48. The van der Waals surface area contributed by atoms with Crippen LogP contribution >= 0.6 is 23.2 Å². The van der Waals surface area contributed by atoms with Crippen molar-refractivity contribution < 1.29 is 13.2 Å². The van der Waals surface area contributed by atoms with Gasteiger partial charge in [-0.3, -0.25) is 4.79 Å². The van der Waals surface area contributed by atoms with E-state index < -0.39 is 15.7 Å². The lowest BCUT2D eigenvalue weighted by atomic mass is 10.3. The highest BCUT2D eigenvalue weighted by molar-refractivity contribution is 7.90. The highest BCUT2D eigenvalue weighted by atomic mass is 35.5. The lowest BCUT2D eigenvalue weighted by Crippen LogP contribution is -2.31. The lowest BCUT2D eigenvalue weighted by molar-refractivity contribution is 0.0803. The van der Waals surface area contributed by atoms with E-state index in [4.69, 9.17) is 23.2 Å². The molecule has 0 unspecified atom stereocenters. The molecule has 0 bridgehead atoms. The number of halogens is 2. The molecule has 1 aromatic heterocycles. The Kier molecular flexibility index (Phi) is 4.89. The van der Waals surface area contributed by atoms with Gasteiger partial charge in [-0.2, -0.15) is 0 Å². The summed E-state index contributed by atoms with van der Waals surface area (Å²) in [5, 5.41) is 6.96. The maximum atomic E-state index is 12.0. The van der Waals surface area contributed by atoms with Gasteiger partial charge in [0, 0.05) is 19.8 Å². The number of carbonyl (C=O) groups excluding carboxylic acids is 1. The number of hydrogen-bond acceptors (Lipinski definition) is 5. The summed E-state index contributed by atoms with van der Waals surface area (Å²) in [6, 6.07) is 1.29. The average Bonchev–Trinajstić information content (AvgIpc) is 2.27. The predicted octanol–water partition coefficient (Wildman–Crippen LogP) is 0.900. The summed E-state index contributed by atoms with van der Waals surface area (Å²) in [6.45, 7) is 0.0634. The number of hydrogen-bond donors (Lipinski definition) is 0. The van der Waals surface area contributed by atoms with Gasteiger partial charge in [-0.15, -0.1) is 10.2 Å². The van der Waals surface area contributed by atoms with Crippen LogP contribution in [0.3, 0.4) is 0 Å². The fraction of sp³-hybridized carbons (Fsp3) is 0.444. The first-order valence-corrected chi connectivity index (χ1v) is 7.64. The molecule has 1 aromatic rings. The van der Waals surface area contributed by atoms with Gasteiger partial charge in [-0.05, 0) is 6.07 Å². The summed E-state index contributed by atoms with van der Waals surface area (Å²) in [5.41, 5.74) is 0.0904. The molecule has 1 heterocycles. The van der Waals surface area contributed by atoms with Crippen LogP contribution in [0, 0.1) is 0 Å². The van der Waals surface area contributed by atoms with Crippen molar-refractivity contribution in [1.29, 1.82) is 0 Å². The number of amides is 1. The summed E-state index contributed by atoms with van der Waals surface area (Å²) in [5.74, 6) is -0.584. The molecule has 0 saturated carbocycles. The number of carbonyl (C=O) groups is 1. The van der Waals surface area contributed by atoms with E-state index in [1.165, 1.54) is 18.0 Å². The second-order valence-electron chi connectivity index (χ2n) is 3.73. The predicted molar refractivity (Wildman–Crippen MR) is 68.7 cm³/mol. The smallest absolute Gasteiger partial charge is 0.256 e. The fourth-order valence-corrected chi connectivity index (χ4v) is 2.04. The number of aromatic nitrogens is 2. The van der Waals surface area contributed by atoms with Gasteiger partial charge < -0.3 is 4.90 Å². The van der Waals surface area contributed by atoms with E-state index in [1.54, 1.807) is 0 Å². The molecule has 0 aliphatic heterocycles. The Morgan fingerprint density at radius 2 is 2.00 bits per heavy atom. The summed E-state index contributed by atoms with van der Waals surface area (Å²) in [7, 11) is -1.66. The highest BCUT2D eigenvalue weighted by Gasteiger charge is 2.18. The lowest BCUT2D eigenvalue weighted by Gasteiger charge is -2.16. The number of sulfone groups is 1. The Morgan fingerprint density at radius 3 is 2.56 bits per heavy atom. The van der Waals surface area contributed by atoms with E-state index in [-0.39, 0.29) is 28.2 Å². The monoisotopic (exact) mass is 311 g/mol. The van der Waals surface area contributed by atoms with Gasteiger partial charge in [0.1, 0.15) is 9.84 Å². The molecule has 18 heavy (non-hydrogen) atoms. The van der Waals surface area contributed by atoms with Crippen LogP contribution in [-0.4, -0.2) is 55.0 Å². The molecule has 0 aromatic carbocycles. The van der Waals surface area contributed by atoms with Gasteiger partial charge in [0.15, 0.2) is 10.3 Å². The standard InChI is InChI=1S/C9H11Cl2N3O3S/c1-14(3-4-18(2,16)17)9(15)6-5-7(10)12-13-8(6)11/h5H,3-4H2,1-2H3. The summed E-state index contributed by atoms with van der Waals surface area (Å²) in [4.78, 5) is 13.2. The van der Waals surface area contributed by atoms with Crippen LogP contribution in [0.25, 0.3) is 0 Å². The van der Waals surface area contributed by atoms with Crippen molar-refractivity contribution in [3.8, 4) is 0 Å². The zero-order valence-electron chi connectivity index (χ0n) is 9.72. The van der Waals surface area contributed by atoms with Gasteiger partial charge in [-0.25, -0.2) is 8.42 Å². The molecule has 1 amide bonds. The molecule has 9 heteroatoms. The third-order valence-electron chi connectivity index (χ3n) is 2.09. The molecule has 0 N–H and O–H groups in total. The first kappa shape index (κ1) is 15.1. The molecule has 0 aliphatic carbocycles. The molecular weight excluding hydrogens is 301 g/mol. The van der Waals surface area contributed by atoms with E-state index in [1.807, 2.05) is 0 Å². The van der Waals surface area contributed by atoms with Gasteiger partial charge >= 0.3 is 0 Å². The number of rotatable bonds is 4. The van der Waals surface area contributed by atoms with Crippen molar-refractivity contribution in [3.63, 3.8) is 0 Å². The van der Waals surface area contributed by atoms with Gasteiger partial charge in [0.05, 0.1) is 11.3 Å². The zero-order chi connectivity index (χ0) is 13.9. The molecule has 6 nitrogen and oxygen atoms in total. The Balaban J connectivity index is 2.83. The second kappa shape index (κ2) is 5.81. The number of nitrogens with zero attached hydrogens (tertiary/aromatic N) is 3. The van der Waals surface area contributed by atoms with E-state index >= 15 is 0 Å². The van der Waals surface area contributed by atoms with Gasteiger partial charge in [-0.1, -0.05) is 23.2 Å². The van der Waals surface area contributed by atoms with Crippen molar-refractivity contribution in [2.45, 2.75) is 0 Å². The molecule has 100 valence electrons. The molecular formula is C9H11Cl2N3O3S. The maximum Gasteiger partial charge on any atom is 0.256 e. The van der Waals surface area contributed by atoms with Crippen molar-refractivity contribution in [2.24, 2.45) is 0 Å². The molecule has 0 atom stereocenters. The minimum Gasteiger partial charge on any atom is -0.341 e. The van der Waals surface area contributed by atoms with Crippen LogP contribution < -0.4 is 0 Å². The van der Waals surface area contributed by atoms with Crippen LogP contribution in [0.4, 0.5) is 0 Å². The van der Waals surface area contributed by atoms with E-state index in [0.717, 1.165) is 6.26 Å². The Hall–Kier alpha value is -0.920. The third kappa shape index (κ3) is 4.40. The minimum absolute atomic E-state index is 0.0410.